The Morgan fingerprint density at radius 1 is 0.511 bits per heavy atom. The maximum absolute atomic E-state index is 14.1. The highest BCUT2D eigenvalue weighted by Crippen LogP contribution is 2.26. The zero-order chi connectivity index (χ0) is 36.7. The molecule has 0 aromatic carbocycles. The summed E-state index contributed by atoms with van der Waals surface area (Å²) in [6, 6.07) is -3.32. The molecule has 12 heteroatoms. The molecule has 0 saturated carbocycles. The van der Waals surface area contributed by atoms with Gasteiger partial charge in [0, 0.05) is 21.1 Å². The second kappa shape index (κ2) is 17.8. The van der Waals surface area contributed by atoms with Gasteiger partial charge in [-0.05, 0) is 41.9 Å². The predicted octanol–water partition coefficient (Wildman–Crippen LogP) is 3.93. The molecule has 0 unspecified atom stereocenters. The van der Waals surface area contributed by atoms with Gasteiger partial charge >= 0.3 is 17.9 Å². The van der Waals surface area contributed by atoms with E-state index in [1.54, 1.807) is 62.3 Å². The van der Waals surface area contributed by atoms with Crippen LogP contribution in [0.3, 0.4) is 0 Å². The van der Waals surface area contributed by atoms with E-state index in [9.17, 15) is 28.8 Å². The van der Waals surface area contributed by atoms with Gasteiger partial charge in [0.05, 0.1) is 0 Å². The topological polar surface area (TPSA) is 140 Å². The van der Waals surface area contributed by atoms with E-state index in [-0.39, 0.29) is 18.3 Å². The van der Waals surface area contributed by atoms with Crippen LogP contribution in [0.25, 0.3) is 0 Å². The number of esters is 3. The van der Waals surface area contributed by atoms with E-state index in [1.807, 2.05) is 20.8 Å². The Hall–Kier alpha value is -3.18. The van der Waals surface area contributed by atoms with Crippen molar-refractivity contribution in [2.75, 3.05) is 21.1 Å². The summed E-state index contributed by atoms with van der Waals surface area (Å²) in [7, 11) is 4.35. The minimum Gasteiger partial charge on any atom is -0.451 e. The fraction of sp³-hybridized carbons (Fsp3) is 0.829. The highest BCUT2D eigenvalue weighted by atomic mass is 16.6. The Bertz CT molecular complexity index is 1120. The van der Waals surface area contributed by atoms with Crippen molar-refractivity contribution in [2.24, 2.45) is 35.5 Å². The molecule has 0 N–H and O–H groups in total. The number of cyclic esters (lactones) is 3. The predicted molar refractivity (Wildman–Crippen MR) is 178 cm³/mol. The molecule has 3 amide bonds. The summed E-state index contributed by atoms with van der Waals surface area (Å²) in [4.78, 5) is 87.2. The molecule has 270 valence electrons. The van der Waals surface area contributed by atoms with Gasteiger partial charge < -0.3 is 28.9 Å². The number of likely N-dealkylation sites (N-methyl/N-ethyl adjacent to an activating group) is 3. The molecule has 0 radical (unpaired) electrons. The molecule has 0 spiro atoms. The lowest BCUT2D eigenvalue weighted by Crippen LogP contribution is -2.57. The quantitative estimate of drug-likeness (QED) is 0.278. The van der Waals surface area contributed by atoms with Crippen LogP contribution in [-0.2, 0) is 43.0 Å². The first-order chi connectivity index (χ1) is 21.6. The molecule has 0 aromatic rings. The van der Waals surface area contributed by atoms with Gasteiger partial charge in [0.2, 0.25) is 0 Å². The van der Waals surface area contributed by atoms with Crippen LogP contribution in [0.4, 0.5) is 0 Å². The number of amides is 3. The second-order valence-electron chi connectivity index (χ2n) is 14.8. The van der Waals surface area contributed by atoms with Crippen LogP contribution in [0.2, 0.25) is 0 Å². The summed E-state index contributed by atoms with van der Waals surface area (Å²) in [5.74, 6) is -6.45. The normalized spacial score (nSPS) is 27.4. The van der Waals surface area contributed by atoms with Gasteiger partial charge in [0.15, 0.2) is 18.3 Å². The molecule has 0 aliphatic carbocycles. The minimum absolute atomic E-state index is 0.0639. The molecule has 47 heavy (non-hydrogen) atoms. The summed E-state index contributed by atoms with van der Waals surface area (Å²) in [6.45, 7) is 21.3. The van der Waals surface area contributed by atoms with E-state index in [0.29, 0.717) is 6.42 Å². The van der Waals surface area contributed by atoms with Gasteiger partial charge in [-0.2, -0.15) is 0 Å². The van der Waals surface area contributed by atoms with E-state index >= 15 is 0 Å². The summed E-state index contributed by atoms with van der Waals surface area (Å²) >= 11 is 0. The Kier molecular flexibility index (Phi) is 15.9. The summed E-state index contributed by atoms with van der Waals surface area (Å²) < 4.78 is 17.6. The average molecular weight is 668 g/mol. The van der Waals surface area contributed by atoms with Crippen LogP contribution in [0.5, 0.6) is 0 Å². The van der Waals surface area contributed by atoms with E-state index in [0.717, 1.165) is 0 Å². The Morgan fingerprint density at radius 3 is 1.17 bits per heavy atom. The highest BCUT2D eigenvalue weighted by molar-refractivity contribution is 5.94. The number of carbonyl (C=O) groups is 6. The van der Waals surface area contributed by atoms with Gasteiger partial charge in [-0.3, -0.25) is 14.4 Å². The van der Waals surface area contributed by atoms with Crippen LogP contribution >= 0.6 is 0 Å². The van der Waals surface area contributed by atoms with Crippen molar-refractivity contribution in [3.8, 4) is 0 Å². The van der Waals surface area contributed by atoms with Gasteiger partial charge in [-0.15, -0.1) is 0 Å². The molecular weight excluding hydrogens is 606 g/mol. The smallest absolute Gasteiger partial charge is 0.329 e. The van der Waals surface area contributed by atoms with E-state index in [4.69, 9.17) is 14.2 Å². The highest BCUT2D eigenvalue weighted by Gasteiger charge is 2.45. The molecule has 0 aromatic heterocycles. The van der Waals surface area contributed by atoms with Crippen molar-refractivity contribution in [1.29, 1.82) is 0 Å². The first-order valence-corrected chi connectivity index (χ1v) is 17.0. The average Bonchev–Trinajstić information content (AvgIpc) is 2.95. The molecule has 7 atom stereocenters. The summed E-state index contributed by atoms with van der Waals surface area (Å²) in [5, 5.41) is 0. The van der Waals surface area contributed by atoms with Crippen molar-refractivity contribution in [1.82, 2.24) is 14.7 Å². The third-order valence-corrected chi connectivity index (χ3v) is 8.87. The van der Waals surface area contributed by atoms with Gasteiger partial charge in [0.25, 0.3) is 17.7 Å². The molecule has 12 nitrogen and oxygen atoms in total. The van der Waals surface area contributed by atoms with Gasteiger partial charge in [0.1, 0.15) is 18.1 Å². The number of hydrogen-bond acceptors (Lipinski definition) is 9. The lowest BCUT2D eigenvalue weighted by Gasteiger charge is -2.38. The zero-order valence-corrected chi connectivity index (χ0v) is 31.4. The van der Waals surface area contributed by atoms with Crippen molar-refractivity contribution in [2.45, 2.75) is 132 Å². The van der Waals surface area contributed by atoms with Gasteiger partial charge in [-0.1, -0.05) is 89.5 Å². The van der Waals surface area contributed by atoms with E-state index in [2.05, 4.69) is 0 Å². The molecule has 1 fully saturated rings. The molecule has 0 bridgehead atoms. The van der Waals surface area contributed by atoms with Crippen molar-refractivity contribution >= 4 is 35.6 Å². The number of carbonyl (C=O) groups excluding carboxylic acids is 6. The maximum atomic E-state index is 14.1. The molecule has 1 heterocycles. The molecule has 1 rings (SSSR count). The lowest BCUT2D eigenvalue weighted by atomic mass is 9.95. The van der Waals surface area contributed by atoms with Crippen molar-refractivity contribution in [3.63, 3.8) is 0 Å². The lowest BCUT2D eigenvalue weighted by molar-refractivity contribution is -0.181. The number of hydrogen-bond donors (Lipinski definition) is 0. The standard InChI is InChI=1S/C35H61N3O9/c1-16-23(12)27-35(44)47-29(22(10)11)32(41)37(14)26(20(6)7)34(43)46-28(21(8)9)31(40)36(13)25(19(4)5)33(42)45-24(17-18(2)3)30(39)38(27)15/h18-29H,16-17H2,1-15H3/t23-,24+,25-,26-,27-,28+,29+/m0/s1. The van der Waals surface area contributed by atoms with Crippen LogP contribution < -0.4 is 0 Å². The fourth-order valence-electron chi connectivity index (χ4n) is 5.96. The molecule has 1 aliphatic heterocycles. The number of rotatable bonds is 8. The van der Waals surface area contributed by atoms with Gasteiger partial charge in [-0.25, -0.2) is 14.4 Å². The second-order valence-corrected chi connectivity index (χ2v) is 14.8. The Balaban J connectivity index is 3.98. The third-order valence-electron chi connectivity index (χ3n) is 8.87. The van der Waals surface area contributed by atoms with E-state index < -0.39 is 95.7 Å². The zero-order valence-electron chi connectivity index (χ0n) is 31.4. The first-order valence-electron chi connectivity index (χ1n) is 17.0. The van der Waals surface area contributed by atoms with Crippen LogP contribution in [0.15, 0.2) is 0 Å². The Labute approximate surface area is 282 Å². The monoisotopic (exact) mass is 667 g/mol. The molecular formula is C35H61N3O9. The fourth-order valence-corrected chi connectivity index (χ4v) is 5.96. The first kappa shape index (κ1) is 41.8. The van der Waals surface area contributed by atoms with Crippen molar-refractivity contribution < 1.29 is 43.0 Å². The largest absolute Gasteiger partial charge is 0.451 e. The number of ether oxygens (including phenoxy) is 3. The van der Waals surface area contributed by atoms with Crippen LogP contribution in [0, 0.1) is 35.5 Å². The molecule has 1 saturated heterocycles. The Morgan fingerprint density at radius 2 is 0.851 bits per heavy atom. The summed E-state index contributed by atoms with van der Waals surface area (Å²) in [6.07, 6.45) is -3.14. The van der Waals surface area contributed by atoms with E-state index in [1.165, 1.54) is 35.8 Å². The third kappa shape index (κ3) is 10.4. The minimum atomic E-state index is -1.28. The maximum Gasteiger partial charge on any atom is 0.329 e. The van der Waals surface area contributed by atoms with Crippen molar-refractivity contribution in [3.05, 3.63) is 0 Å². The molecule has 1 aliphatic rings. The van der Waals surface area contributed by atoms with Crippen LogP contribution in [0.1, 0.15) is 95.9 Å². The SMILES string of the molecule is CC[C@H](C)[C@H]1C(=O)O[C@H](C(C)C)C(=O)N(C)[C@@H](C(C)C)C(=O)O[C@H](C(C)C)C(=O)N(C)[C@@H](C(C)C)C(=O)O[C@H](CC(C)C)C(=O)N1C. The van der Waals surface area contributed by atoms with Crippen LogP contribution in [-0.4, -0.2) is 108 Å². The summed E-state index contributed by atoms with van der Waals surface area (Å²) in [5.41, 5.74) is 0. The number of nitrogens with zero attached hydrogens (tertiary/aromatic N) is 3.